The lowest BCUT2D eigenvalue weighted by Gasteiger charge is -2.42. The van der Waals surface area contributed by atoms with Crippen molar-refractivity contribution < 1.29 is 14.2 Å². The van der Waals surface area contributed by atoms with E-state index in [0.29, 0.717) is 39.6 Å². The molecule has 0 aromatic carbocycles. The van der Waals surface area contributed by atoms with Crippen molar-refractivity contribution in [3.05, 3.63) is 0 Å². The highest BCUT2D eigenvalue weighted by molar-refractivity contribution is 4.84. The number of rotatable bonds is 12. The quantitative estimate of drug-likeness (QED) is 0.362. The van der Waals surface area contributed by atoms with E-state index in [2.05, 4.69) is 32.5 Å². The molecule has 1 saturated heterocycles. The average molecular weight is 333 g/mol. The Morgan fingerprint density at radius 2 is 0.875 bits per heavy atom. The smallest absolute Gasteiger partial charge is 0.107 e. The Morgan fingerprint density at radius 3 is 1.12 bits per heavy atom. The number of terminal acetylenes is 3. The second-order valence-corrected chi connectivity index (χ2v) is 5.38. The molecule has 1 aliphatic rings. The molecule has 0 aromatic rings. The number of ether oxygens (including phenoxy) is 3. The van der Waals surface area contributed by atoms with Crippen molar-refractivity contribution in [3.8, 4) is 37.0 Å². The van der Waals surface area contributed by atoms with Gasteiger partial charge in [-0.25, -0.2) is 0 Å². The zero-order valence-electron chi connectivity index (χ0n) is 14.3. The second kappa shape index (κ2) is 13.8. The molecule has 1 heterocycles. The monoisotopic (exact) mass is 333 g/mol. The van der Waals surface area contributed by atoms with Gasteiger partial charge < -0.3 is 14.2 Å². The van der Waals surface area contributed by atoms with Crippen LogP contribution in [0.2, 0.25) is 0 Å². The summed E-state index contributed by atoms with van der Waals surface area (Å²) in [5.74, 6) is 7.43. The predicted octanol–water partition coefficient (Wildman–Crippen LogP) is -0.272. The van der Waals surface area contributed by atoms with Crippen LogP contribution in [0.5, 0.6) is 0 Å². The third-order valence-electron chi connectivity index (χ3n) is 3.41. The van der Waals surface area contributed by atoms with Crippen molar-refractivity contribution in [1.82, 2.24) is 14.7 Å². The summed E-state index contributed by atoms with van der Waals surface area (Å²) in [6, 6.07) is 0. The summed E-state index contributed by atoms with van der Waals surface area (Å²) in [5, 5.41) is 0. The van der Waals surface area contributed by atoms with E-state index in [4.69, 9.17) is 33.5 Å². The van der Waals surface area contributed by atoms with Gasteiger partial charge in [0, 0.05) is 19.6 Å². The molecule has 0 N–H and O–H groups in total. The van der Waals surface area contributed by atoms with Crippen LogP contribution < -0.4 is 0 Å². The highest BCUT2D eigenvalue weighted by Crippen LogP contribution is 2.07. The molecule has 0 saturated carbocycles. The maximum atomic E-state index is 5.37. The predicted molar refractivity (Wildman–Crippen MR) is 93.7 cm³/mol. The molecule has 0 atom stereocenters. The summed E-state index contributed by atoms with van der Waals surface area (Å²) in [6.07, 6.45) is 15.6. The maximum Gasteiger partial charge on any atom is 0.107 e. The van der Waals surface area contributed by atoms with E-state index in [1.165, 1.54) is 0 Å². The molecule has 0 radical (unpaired) electrons. The lowest BCUT2D eigenvalue weighted by molar-refractivity contribution is -0.0540. The van der Waals surface area contributed by atoms with Crippen molar-refractivity contribution in [2.24, 2.45) is 0 Å². The van der Waals surface area contributed by atoms with E-state index in [1.807, 2.05) is 0 Å². The van der Waals surface area contributed by atoms with E-state index < -0.39 is 0 Å². The summed E-state index contributed by atoms with van der Waals surface area (Å²) in [6.45, 7) is 7.96. The Kier molecular flexibility index (Phi) is 11.8. The normalized spacial score (nSPS) is 16.4. The van der Waals surface area contributed by atoms with Crippen LogP contribution in [0.4, 0.5) is 0 Å². The summed E-state index contributed by atoms with van der Waals surface area (Å²) < 4.78 is 16.1. The molecule has 6 nitrogen and oxygen atoms in total. The molecule has 0 unspecified atom stereocenters. The second-order valence-electron chi connectivity index (χ2n) is 5.38. The van der Waals surface area contributed by atoms with Gasteiger partial charge in [0.1, 0.15) is 19.8 Å². The fourth-order valence-electron chi connectivity index (χ4n) is 2.38. The average Bonchev–Trinajstić information content (AvgIpc) is 2.59. The molecule has 1 aliphatic heterocycles. The van der Waals surface area contributed by atoms with Crippen molar-refractivity contribution >= 4 is 0 Å². The van der Waals surface area contributed by atoms with Gasteiger partial charge in [-0.2, -0.15) is 0 Å². The summed E-state index contributed by atoms with van der Waals surface area (Å²) in [7, 11) is 0. The van der Waals surface area contributed by atoms with Gasteiger partial charge in [-0.3, -0.25) is 14.7 Å². The van der Waals surface area contributed by atoms with Crippen LogP contribution in [-0.2, 0) is 14.2 Å². The lowest BCUT2D eigenvalue weighted by atomic mass is 10.4. The molecular weight excluding hydrogens is 306 g/mol. The molecule has 24 heavy (non-hydrogen) atoms. The zero-order chi connectivity index (χ0) is 17.5. The van der Waals surface area contributed by atoms with Gasteiger partial charge in [0.25, 0.3) is 0 Å². The van der Waals surface area contributed by atoms with Gasteiger partial charge in [-0.15, -0.1) is 19.3 Å². The molecule has 0 amide bonds. The van der Waals surface area contributed by atoms with Crippen LogP contribution in [0.1, 0.15) is 0 Å². The van der Waals surface area contributed by atoms with Crippen LogP contribution in [-0.4, -0.2) is 94.0 Å². The zero-order valence-corrected chi connectivity index (χ0v) is 14.3. The Labute approximate surface area is 146 Å². The fourth-order valence-corrected chi connectivity index (χ4v) is 2.38. The van der Waals surface area contributed by atoms with E-state index in [-0.39, 0.29) is 0 Å². The molecule has 132 valence electrons. The number of hydrogen-bond acceptors (Lipinski definition) is 6. The maximum absolute atomic E-state index is 5.37. The molecular formula is C18H27N3O3. The first kappa shape index (κ1) is 20.5. The summed E-state index contributed by atoms with van der Waals surface area (Å²) in [4.78, 5) is 6.92. The standard InChI is InChI=1S/C18H27N3O3/c1-4-10-22-13-7-19-16-20(8-14-23-11-5-2)18-21(17-19)9-15-24-12-6-3/h1-3H,7-18H2. The molecule has 1 fully saturated rings. The van der Waals surface area contributed by atoms with Crippen molar-refractivity contribution in [2.45, 2.75) is 0 Å². The van der Waals surface area contributed by atoms with Gasteiger partial charge in [-0.05, 0) is 0 Å². The number of hydrogen-bond donors (Lipinski definition) is 0. The molecule has 0 spiro atoms. The topological polar surface area (TPSA) is 37.4 Å². The first-order valence-electron chi connectivity index (χ1n) is 8.00. The first-order valence-corrected chi connectivity index (χ1v) is 8.00. The highest BCUT2D eigenvalue weighted by atomic mass is 16.5. The van der Waals surface area contributed by atoms with Crippen LogP contribution >= 0.6 is 0 Å². The van der Waals surface area contributed by atoms with E-state index in [9.17, 15) is 0 Å². The largest absolute Gasteiger partial charge is 0.367 e. The van der Waals surface area contributed by atoms with E-state index >= 15 is 0 Å². The van der Waals surface area contributed by atoms with E-state index in [1.54, 1.807) is 0 Å². The van der Waals surface area contributed by atoms with Gasteiger partial charge in [-0.1, -0.05) is 17.8 Å². The van der Waals surface area contributed by atoms with E-state index in [0.717, 1.165) is 39.6 Å². The Morgan fingerprint density at radius 1 is 0.583 bits per heavy atom. The minimum absolute atomic E-state index is 0.348. The molecule has 0 aromatic heterocycles. The summed E-state index contributed by atoms with van der Waals surface area (Å²) in [5.41, 5.74) is 0. The molecule has 0 aliphatic carbocycles. The van der Waals surface area contributed by atoms with Gasteiger partial charge in [0.15, 0.2) is 0 Å². The third kappa shape index (κ3) is 9.55. The van der Waals surface area contributed by atoms with Crippen LogP contribution in [0, 0.1) is 37.0 Å². The third-order valence-corrected chi connectivity index (χ3v) is 3.41. The first-order chi connectivity index (χ1) is 11.8. The minimum Gasteiger partial charge on any atom is -0.367 e. The van der Waals surface area contributed by atoms with Crippen molar-refractivity contribution in [3.63, 3.8) is 0 Å². The molecule has 1 rings (SSSR count). The van der Waals surface area contributed by atoms with Gasteiger partial charge >= 0.3 is 0 Å². The highest BCUT2D eigenvalue weighted by Gasteiger charge is 2.22. The molecule has 6 heteroatoms. The Hall–Kier alpha value is -1.56. The van der Waals surface area contributed by atoms with Crippen molar-refractivity contribution in [1.29, 1.82) is 0 Å². The fraction of sp³-hybridized carbons (Fsp3) is 0.667. The van der Waals surface area contributed by atoms with Crippen LogP contribution in [0.25, 0.3) is 0 Å². The number of nitrogens with zero attached hydrogens (tertiary/aromatic N) is 3. The van der Waals surface area contributed by atoms with Crippen LogP contribution in [0.15, 0.2) is 0 Å². The summed E-state index contributed by atoms with van der Waals surface area (Å²) >= 11 is 0. The minimum atomic E-state index is 0.348. The van der Waals surface area contributed by atoms with Gasteiger partial charge in [0.2, 0.25) is 0 Å². The SMILES string of the molecule is C#CCOCCN1CN(CCOCC#C)CN(CCOCC#C)C1. The van der Waals surface area contributed by atoms with Crippen LogP contribution in [0.3, 0.4) is 0 Å². The Balaban J connectivity index is 2.38. The van der Waals surface area contributed by atoms with Gasteiger partial charge in [0.05, 0.1) is 39.8 Å². The molecule has 0 bridgehead atoms. The Bertz CT molecular complexity index is 377. The van der Waals surface area contributed by atoms with Crippen molar-refractivity contribution in [2.75, 3.05) is 79.3 Å². The lowest BCUT2D eigenvalue weighted by Crippen LogP contribution is -2.56.